The van der Waals surface area contributed by atoms with Gasteiger partial charge in [0.2, 0.25) is 0 Å². The Morgan fingerprint density at radius 3 is 2.20 bits per heavy atom. The van der Waals surface area contributed by atoms with Gasteiger partial charge in [0, 0.05) is 35.4 Å². The fourth-order valence-electron chi connectivity index (χ4n) is 2.71. The van der Waals surface area contributed by atoms with Gasteiger partial charge in [-0.05, 0) is 60.7 Å². The monoisotopic (exact) mass is 444 g/mol. The zero-order chi connectivity index (χ0) is 21.8. The summed E-state index contributed by atoms with van der Waals surface area (Å²) in [6.45, 7) is 0. The van der Waals surface area contributed by atoms with Gasteiger partial charge in [-0.2, -0.15) is 0 Å². The van der Waals surface area contributed by atoms with Gasteiger partial charge in [-0.3, -0.25) is 10.2 Å². The fraction of sp³-hybridized carbons (Fsp3) is 0.0909. The number of carbonyl (C=O) groups is 1. The van der Waals surface area contributed by atoms with Crippen LogP contribution in [-0.2, 0) is 0 Å². The minimum Gasteiger partial charge on any atom is -0.363 e. The van der Waals surface area contributed by atoms with E-state index in [0.717, 1.165) is 0 Å². The Kier molecular flexibility index (Phi) is 6.59. The van der Waals surface area contributed by atoms with Crippen molar-refractivity contribution in [3.05, 3.63) is 87.7 Å². The van der Waals surface area contributed by atoms with Crippen LogP contribution in [0.4, 0.5) is 21.5 Å². The van der Waals surface area contributed by atoms with E-state index in [2.05, 4.69) is 10.6 Å². The summed E-state index contributed by atoms with van der Waals surface area (Å²) in [4.78, 5) is 14.4. The number of amidine groups is 1. The van der Waals surface area contributed by atoms with Crippen molar-refractivity contribution in [2.45, 2.75) is 0 Å². The summed E-state index contributed by atoms with van der Waals surface area (Å²) in [5.74, 6) is -0.762. The Morgan fingerprint density at radius 1 is 0.933 bits per heavy atom. The largest absolute Gasteiger partial charge is 0.363 e. The predicted molar refractivity (Wildman–Crippen MR) is 121 cm³/mol. The van der Waals surface area contributed by atoms with Crippen molar-refractivity contribution in [3.8, 4) is 0 Å². The van der Waals surface area contributed by atoms with E-state index in [-0.39, 0.29) is 17.1 Å². The molecule has 0 atom stereocenters. The summed E-state index contributed by atoms with van der Waals surface area (Å²) in [7, 11) is 3.43. The van der Waals surface area contributed by atoms with Crippen LogP contribution >= 0.6 is 23.2 Å². The minimum absolute atomic E-state index is 0.174. The molecule has 3 rings (SSSR count). The maximum Gasteiger partial charge on any atom is 0.257 e. The maximum atomic E-state index is 14.6. The van der Waals surface area contributed by atoms with E-state index in [1.54, 1.807) is 61.5 Å². The summed E-state index contributed by atoms with van der Waals surface area (Å²) in [5, 5.41) is 14.6. The quantitative estimate of drug-likeness (QED) is 0.333. The molecule has 154 valence electrons. The van der Waals surface area contributed by atoms with E-state index >= 15 is 0 Å². The van der Waals surface area contributed by atoms with E-state index in [1.165, 1.54) is 18.2 Å². The number of nitrogens with one attached hydrogen (secondary N) is 3. The third kappa shape index (κ3) is 5.09. The molecule has 0 aliphatic rings. The lowest BCUT2D eigenvalue weighted by Gasteiger charge is -2.16. The zero-order valence-corrected chi connectivity index (χ0v) is 17.8. The Bertz CT molecular complexity index is 1100. The third-order valence-corrected chi connectivity index (χ3v) is 4.77. The number of carbonyl (C=O) groups excluding carboxylic acids is 1. The van der Waals surface area contributed by atoms with Gasteiger partial charge >= 0.3 is 0 Å². The van der Waals surface area contributed by atoms with Crippen molar-refractivity contribution in [1.29, 1.82) is 5.41 Å². The van der Waals surface area contributed by atoms with Crippen molar-refractivity contribution in [1.82, 2.24) is 4.90 Å². The smallest absolute Gasteiger partial charge is 0.257 e. The number of nitrogens with zero attached hydrogens (tertiary/aromatic N) is 1. The molecule has 0 heterocycles. The van der Waals surface area contributed by atoms with E-state index < -0.39 is 11.7 Å². The SMILES string of the molecule is CN(C)C(=N)c1ccc(Nc2ccc(Cl)cc2C(=O)Nc2ccc(Cl)cc2)c(F)c1. The molecular formula is C22H19Cl2FN4O. The molecule has 0 bridgehead atoms. The van der Waals surface area contributed by atoms with Gasteiger partial charge in [0.05, 0.1) is 16.9 Å². The molecule has 0 saturated heterocycles. The average molecular weight is 445 g/mol. The van der Waals surface area contributed by atoms with Crippen LogP contribution < -0.4 is 10.6 Å². The number of benzene rings is 3. The summed E-state index contributed by atoms with van der Waals surface area (Å²) in [6.07, 6.45) is 0. The molecule has 0 aliphatic heterocycles. The summed E-state index contributed by atoms with van der Waals surface area (Å²) in [6, 6.07) is 15.8. The Labute approximate surface area is 183 Å². The molecule has 3 aromatic carbocycles. The van der Waals surface area contributed by atoms with Gasteiger partial charge in [0.25, 0.3) is 5.91 Å². The Balaban J connectivity index is 1.87. The molecule has 0 spiro atoms. The topological polar surface area (TPSA) is 68.2 Å². The average Bonchev–Trinajstić information content (AvgIpc) is 2.71. The highest BCUT2D eigenvalue weighted by Crippen LogP contribution is 2.27. The summed E-state index contributed by atoms with van der Waals surface area (Å²) >= 11 is 11.9. The van der Waals surface area contributed by atoms with Crippen molar-refractivity contribution in [2.75, 3.05) is 24.7 Å². The van der Waals surface area contributed by atoms with Gasteiger partial charge in [-0.25, -0.2) is 4.39 Å². The first-order chi connectivity index (χ1) is 14.2. The molecule has 0 aromatic heterocycles. The molecule has 8 heteroatoms. The van der Waals surface area contributed by atoms with Crippen LogP contribution in [-0.4, -0.2) is 30.7 Å². The lowest BCUT2D eigenvalue weighted by atomic mass is 10.1. The van der Waals surface area contributed by atoms with Crippen LogP contribution in [0, 0.1) is 11.2 Å². The van der Waals surface area contributed by atoms with E-state index in [9.17, 15) is 9.18 Å². The van der Waals surface area contributed by atoms with E-state index in [1.807, 2.05) is 0 Å². The molecule has 30 heavy (non-hydrogen) atoms. The lowest BCUT2D eigenvalue weighted by molar-refractivity contribution is 0.102. The maximum absolute atomic E-state index is 14.6. The minimum atomic E-state index is -0.543. The highest BCUT2D eigenvalue weighted by molar-refractivity contribution is 6.31. The molecule has 0 radical (unpaired) electrons. The number of amides is 1. The molecule has 0 saturated carbocycles. The molecule has 5 nitrogen and oxygen atoms in total. The highest BCUT2D eigenvalue weighted by atomic mass is 35.5. The first-order valence-corrected chi connectivity index (χ1v) is 9.69. The number of rotatable bonds is 5. The second kappa shape index (κ2) is 9.15. The second-order valence-corrected chi connectivity index (χ2v) is 7.59. The number of halogens is 3. The number of anilines is 3. The molecular weight excluding hydrogens is 426 g/mol. The summed E-state index contributed by atoms with van der Waals surface area (Å²) < 4.78 is 14.6. The van der Waals surface area contributed by atoms with Crippen LogP contribution in [0.25, 0.3) is 0 Å². The van der Waals surface area contributed by atoms with Gasteiger partial charge in [-0.1, -0.05) is 23.2 Å². The number of hydrogen-bond acceptors (Lipinski definition) is 3. The van der Waals surface area contributed by atoms with Gasteiger partial charge in [0.1, 0.15) is 11.7 Å². The molecule has 3 aromatic rings. The first kappa shape index (κ1) is 21.6. The standard InChI is InChI=1S/C22H19Cl2FN4O/c1-29(2)21(26)13-3-9-20(18(25)11-13)28-19-10-6-15(24)12-17(19)22(30)27-16-7-4-14(23)5-8-16/h3-12,26,28H,1-2H3,(H,27,30). The van der Waals surface area contributed by atoms with E-state index in [4.69, 9.17) is 28.6 Å². The van der Waals surface area contributed by atoms with Crippen LogP contribution in [0.3, 0.4) is 0 Å². The van der Waals surface area contributed by atoms with Crippen LogP contribution in [0.2, 0.25) is 10.0 Å². The molecule has 3 N–H and O–H groups in total. The molecule has 0 aliphatic carbocycles. The predicted octanol–water partition coefficient (Wildman–Crippen LogP) is 6.02. The van der Waals surface area contributed by atoms with Crippen molar-refractivity contribution < 1.29 is 9.18 Å². The van der Waals surface area contributed by atoms with E-state index in [0.29, 0.717) is 27.0 Å². The van der Waals surface area contributed by atoms with Crippen LogP contribution in [0.1, 0.15) is 15.9 Å². The van der Waals surface area contributed by atoms with Crippen molar-refractivity contribution in [3.63, 3.8) is 0 Å². The van der Waals surface area contributed by atoms with Crippen LogP contribution in [0.15, 0.2) is 60.7 Å². The third-order valence-electron chi connectivity index (χ3n) is 4.29. The highest BCUT2D eigenvalue weighted by Gasteiger charge is 2.15. The Hall–Kier alpha value is -3.09. The molecule has 0 unspecified atom stereocenters. The Morgan fingerprint density at radius 2 is 1.57 bits per heavy atom. The van der Waals surface area contributed by atoms with Crippen molar-refractivity contribution >= 4 is 52.0 Å². The van der Waals surface area contributed by atoms with Gasteiger partial charge in [-0.15, -0.1) is 0 Å². The van der Waals surface area contributed by atoms with Crippen molar-refractivity contribution in [2.24, 2.45) is 0 Å². The first-order valence-electron chi connectivity index (χ1n) is 8.94. The normalized spacial score (nSPS) is 10.4. The lowest BCUT2D eigenvalue weighted by Crippen LogP contribution is -2.21. The van der Waals surface area contributed by atoms with Crippen LogP contribution in [0.5, 0.6) is 0 Å². The molecule has 0 fully saturated rings. The number of hydrogen-bond donors (Lipinski definition) is 3. The molecule has 1 amide bonds. The second-order valence-electron chi connectivity index (χ2n) is 6.71. The summed E-state index contributed by atoms with van der Waals surface area (Å²) in [5.41, 5.74) is 1.82. The fourth-order valence-corrected chi connectivity index (χ4v) is 3.01. The van der Waals surface area contributed by atoms with Gasteiger partial charge < -0.3 is 15.5 Å². The zero-order valence-electron chi connectivity index (χ0n) is 16.3. The van der Waals surface area contributed by atoms with Gasteiger partial charge in [0.15, 0.2) is 0 Å².